The van der Waals surface area contributed by atoms with Crippen molar-refractivity contribution >= 4 is 48.6 Å². The van der Waals surface area contributed by atoms with Crippen LogP contribution in [0.3, 0.4) is 0 Å². The summed E-state index contributed by atoms with van der Waals surface area (Å²) in [5, 5.41) is 7.41. The molecule has 0 aromatic heterocycles. The number of carbonyl (C=O) groups is 5. The molecule has 200 valence electrons. The van der Waals surface area contributed by atoms with Gasteiger partial charge in [0.05, 0.1) is 13.2 Å². The fourth-order valence-corrected chi connectivity index (χ4v) is 4.50. The molecule has 0 aliphatic carbocycles. The van der Waals surface area contributed by atoms with Crippen LogP contribution in [-0.2, 0) is 46.8 Å². The molecule has 1 aliphatic heterocycles. The van der Waals surface area contributed by atoms with E-state index in [1.165, 1.54) is 13.8 Å². The first-order valence-corrected chi connectivity index (χ1v) is 13.1. The van der Waals surface area contributed by atoms with E-state index in [4.69, 9.17) is 18.3 Å². The quantitative estimate of drug-likeness (QED) is 0.129. The SMILES string of the molecule is CC(=O)OCCNC(=O)OCOP1(=O)OCC(C)(C)[C@H](C(=O)NCCC(=O)NCCSC(C)=O)O1. The first-order valence-electron chi connectivity index (χ1n) is 10.6. The lowest BCUT2D eigenvalue weighted by Gasteiger charge is -2.39. The first-order chi connectivity index (χ1) is 16.3. The van der Waals surface area contributed by atoms with Gasteiger partial charge in [0.2, 0.25) is 18.6 Å². The molecule has 1 unspecified atom stereocenters. The molecule has 0 aromatic rings. The van der Waals surface area contributed by atoms with Crippen molar-refractivity contribution in [2.75, 3.05) is 45.4 Å². The zero-order valence-corrected chi connectivity index (χ0v) is 21.8. The second-order valence-electron chi connectivity index (χ2n) is 7.87. The molecule has 1 rings (SSSR count). The van der Waals surface area contributed by atoms with Crippen LogP contribution in [0.4, 0.5) is 4.79 Å². The van der Waals surface area contributed by atoms with E-state index < -0.39 is 44.1 Å². The average Bonchev–Trinajstić information content (AvgIpc) is 2.76. The Balaban J connectivity index is 2.42. The predicted octanol–water partition coefficient (Wildman–Crippen LogP) is 0.702. The van der Waals surface area contributed by atoms with Crippen LogP contribution in [0.2, 0.25) is 0 Å². The third kappa shape index (κ3) is 12.9. The minimum absolute atomic E-state index is 0.00307. The highest BCUT2D eigenvalue weighted by Gasteiger charge is 2.49. The lowest BCUT2D eigenvalue weighted by molar-refractivity contribution is -0.143. The number of carbonyl (C=O) groups excluding carboxylic acids is 5. The van der Waals surface area contributed by atoms with Gasteiger partial charge < -0.3 is 25.4 Å². The average molecular weight is 542 g/mol. The second kappa shape index (κ2) is 15.0. The van der Waals surface area contributed by atoms with Gasteiger partial charge in [-0.25, -0.2) is 13.9 Å². The largest absolute Gasteiger partial charge is 0.478 e. The molecular formula is C19H32N3O11PS. The summed E-state index contributed by atoms with van der Waals surface area (Å²) in [6, 6.07) is 0. The Bertz CT molecular complexity index is 824. The molecule has 0 bridgehead atoms. The standard InChI is InChI=1S/C19H32N3O11PS/c1-13(23)29-9-7-22-18(27)30-12-32-34(28)31-11-19(3,4)16(33-34)17(26)21-6-5-15(25)20-8-10-35-14(2)24/h16H,5-12H2,1-4H3,(H,20,25)(H,21,26)(H,22,27)/t16-,34?/m0/s1. The fraction of sp³-hybridized carbons (Fsp3) is 0.737. The maximum absolute atomic E-state index is 12.7. The van der Waals surface area contributed by atoms with Crippen LogP contribution in [0.25, 0.3) is 0 Å². The minimum Gasteiger partial charge on any atom is -0.464 e. The van der Waals surface area contributed by atoms with E-state index in [0.717, 1.165) is 11.8 Å². The first kappa shape index (κ1) is 30.8. The van der Waals surface area contributed by atoms with E-state index in [1.54, 1.807) is 13.8 Å². The third-order valence-electron chi connectivity index (χ3n) is 4.24. The molecule has 2 atom stereocenters. The number of rotatable bonds is 13. The fourth-order valence-electron chi connectivity index (χ4n) is 2.50. The number of esters is 1. The van der Waals surface area contributed by atoms with Crippen LogP contribution in [-0.4, -0.2) is 80.5 Å². The van der Waals surface area contributed by atoms with E-state index in [-0.39, 0.29) is 43.7 Å². The summed E-state index contributed by atoms with van der Waals surface area (Å²) in [5.74, 6) is -0.977. The van der Waals surface area contributed by atoms with E-state index in [2.05, 4.69) is 20.7 Å². The molecular weight excluding hydrogens is 509 g/mol. The maximum Gasteiger partial charge on any atom is 0.478 e. The topological polar surface area (TPSA) is 185 Å². The van der Waals surface area contributed by atoms with Gasteiger partial charge in [0.1, 0.15) is 6.61 Å². The lowest BCUT2D eigenvalue weighted by atomic mass is 9.87. The van der Waals surface area contributed by atoms with Crippen molar-refractivity contribution in [3.8, 4) is 0 Å². The number of phosphoric acid groups is 1. The molecule has 0 aromatic carbocycles. The van der Waals surface area contributed by atoms with Gasteiger partial charge in [-0.2, -0.15) is 0 Å². The van der Waals surface area contributed by atoms with Gasteiger partial charge in [-0.05, 0) is 0 Å². The Hall–Kier alpha value is -2.19. The van der Waals surface area contributed by atoms with Crippen molar-refractivity contribution in [2.45, 2.75) is 40.2 Å². The summed E-state index contributed by atoms with van der Waals surface area (Å²) in [7, 11) is -4.23. The van der Waals surface area contributed by atoms with Crippen LogP contribution in [0.5, 0.6) is 0 Å². The third-order valence-corrected chi connectivity index (χ3v) is 6.39. The van der Waals surface area contributed by atoms with Gasteiger partial charge in [0, 0.05) is 44.5 Å². The van der Waals surface area contributed by atoms with Gasteiger partial charge in [0.25, 0.3) is 0 Å². The van der Waals surface area contributed by atoms with Gasteiger partial charge in [-0.1, -0.05) is 25.6 Å². The molecule has 1 heterocycles. The van der Waals surface area contributed by atoms with Crippen LogP contribution in [0, 0.1) is 5.41 Å². The molecule has 3 N–H and O–H groups in total. The number of nitrogens with one attached hydrogen (secondary N) is 3. The Morgan fingerprint density at radius 2 is 1.74 bits per heavy atom. The minimum atomic E-state index is -4.23. The summed E-state index contributed by atoms with van der Waals surface area (Å²) >= 11 is 1.10. The Morgan fingerprint density at radius 1 is 1.03 bits per heavy atom. The summed E-state index contributed by atoms with van der Waals surface area (Å²) < 4.78 is 37.5. The van der Waals surface area contributed by atoms with Crippen molar-refractivity contribution in [1.82, 2.24) is 16.0 Å². The van der Waals surface area contributed by atoms with E-state index in [1.807, 2.05) is 0 Å². The smallest absolute Gasteiger partial charge is 0.464 e. The number of amides is 3. The van der Waals surface area contributed by atoms with Crippen LogP contribution in [0.15, 0.2) is 0 Å². The Labute approximate surface area is 207 Å². The Morgan fingerprint density at radius 3 is 2.40 bits per heavy atom. The van der Waals surface area contributed by atoms with Crippen molar-refractivity contribution in [3.05, 3.63) is 0 Å². The van der Waals surface area contributed by atoms with Crippen LogP contribution in [0.1, 0.15) is 34.1 Å². The Kier molecular flexibility index (Phi) is 13.3. The second-order valence-corrected chi connectivity index (χ2v) is 10.8. The summed E-state index contributed by atoms with van der Waals surface area (Å²) in [6.07, 6.45) is -2.16. The van der Waals surface area contributed by atoms with Gasteiger partial charge in [-0.3, -0.25) is 28.2 Å². The highest BCUT2D eigenvalue weighted by Crippen LogP contribution is 2.57. The summed E-state index contributed by atoms with van der Waals surface area (Å²) in [6.45, 7) is 5.31. The van der Waals surface area contributed by atoms with E-state index in [9.17, 15) is 28.5 Å². The maximum atomic E-state index is 12.7. The van der Waals surface area contributed by atoms with Crippen LogP contribution < -0.4 is 16.0 Å². The molecule has 3 amide bonds. The zero-order valence-electron chi connectivity index (χ0n) is 20.1. The molecule has 35 heavy (non-hydrogen) atoms. The highest BCUT2D eigenvalue weighted by atomic mass is 32.2. The normalized spacial score (nSPS) is 20.9. The van der Waals surface area contributed by atoms with Crippen molar-refractivity contribution in [1.29, 1.82) is 0 Å². The zero-order chi connectivity index (χ0) is 26.5. The number of phosphoric ester groups is 1. The van der Waals surface area contributed by atoms with Gasteiger partial charge >= 0.3 is 19.9 Å². The number of hydrogen-bond donors (Lipinski definition) is 3. The van der Waals surface area contributed by atoms with Crippen molar-refractivity contribution in [3.63, 3.8) is 0 Å². The molecule has 0 spiro atoms. The van der Waals surface area contributed by atoms with Crippen molar-refractivity contribution in [2.24, 2.45) is 5.41 Å². The number of thioether (sulfide) groups is 1. The molecule has 1 aliphatic rings. The van der Waals surface area contributed by atoms with Crippen molar-refractivity contribution < 1.29 is 51.6 Å². The monoisotopic (exact) mass is 541 g/mol. The number of hydrogen-bond acceptors (Lipinski definition) is 12. The number of alkyl carbamates (subject to hydrolysis) is 1. The molecule has 0 radical (unpaired) electrons. The van der Waals surface area contributed by atoms with Gasteiger partial charge in [0.15, 0.2) is 11.2 Å². The molecule has 16 heteroatoms. The predicted molar refractivity (Wildman–Crippen MR) is 123 cm³/mol. The number of ether oxygens (including phenoxy) is 2. The molecule has 0 saturated carbocycles. The molecule has 1 fully saturated rings. The van der Waals surface area contributed by atoms with E-state index in [0.29, 0.717) is 12.3 Å². The van der Waals surface area contributed by atoms with E-state index >= 15 is 0 Å². The highest BCUT2D eigenvalue weighted by molar-refractivity contribution is 8.13. The summed E-state index contributed by atoms with van der Waals surface area (Å²) in [5.41, 5.74) is -0.873. The molecule has 14 nitrogen and oxygen atoms in total. The summed E-state index contributed by atoms with van der Waals surface area (Å²) in [4.78, 5) is 57.5. The van der Waals surface area contributed by atoms with Crippen LogP contribution >= 0.6 is 19.6 Å². The van der Waals surface area contributed by atoms with Gasteiger partial charge in [-0.15, -0.1) is 0 Å². The lowest BCUT2D eigenvalue weighted by Crippen LogP contribution is -2.50. The molecule has 1 saturated heterocycles.